The highest BCUT2D eigenvalue weighted by molar-refractivity contribution is 5.83. The highest BCUT2D eigenvalue weighted by atomic mass is 16.4. The zero-order valence-electron chi connectivity index (χ0n) is 8.60. The van der Waals surface area contributed by atoms with Crippen LogP contribution in [0.4, 0.5) is 5.69 Å². The van der Waals surface area contributed by atoms with Crippen LogP contribution < -0.4 is 5.73 Å². The summed E-state index contributed by atoms with van der Waals surface area (Å²) in [4.78, 5) is 11.2. The summed E-state index contributed by atoms with van der Waals surface area (Å²) >= 11 is 0. The second kappa shape index (κ2) is 4.31. The summed E-state index contributed by atoms with van der Waals surface area (Å²) in [6, 6.07) is 6.83. The maximum atomic E-state index is 11.2. The van der Waals surface area contributed by atoms with Gasteiger partial charge in [0.15, 0.2) is 0 Å². The van der Waals surface area contributed by atoms with Gasteiger partial charge in [0, 0.05) is 12.3 Å². The number of para-hydroxylation sites is 1. The van der Waals surface area contributed by atoms with Gasteiger partial charge in [0.2, 0.25) is 0 Å². The molecule has 4 heteroatoms. The molecule has 0 radical (unpaired) electrons. The van der Waals surface area contributed by atoms with Crippen molar-refractivity contribution in [2.24, 2.45) is 0 Å². The summed E-state index contributed by atoms with van der Waals surface area (Å²) in [5.74, 6) is -0.977. The Labute approximate surface area is 88.3 Å². The molecule has 0 bridgehead atoms. The van der Waals surface area contributed by atoms with Crippen molar-refractivity contribution in [3.05, 3.63) is 29.8 Å². The monoisotopic (exact) mass is 209 g/mol. The van der Waals surface area contributed by atoms with Crippen LogP contribution in [0.15, 0.2) is 24.3 Å². The predicted molar refractivity (Wildman–Crippen MR) is 57.5 cm³/mol. The van der Waals surface area contributed by atoms with Crippen molar-refractivity contribution in [2.75, 3.05) is 12.3 Å². The summed E-state index contributed by atoms with van der Waals surface area (Å²) in [6.07, 6.45) is 0.149. The number of hydrogen-bond acceptors (Lipinski definition) is 3. The number of carbonyl (C=O) groups is 1. The molecule has 82 valence electrons. The van der Waals surface area contributed by atoms with Gasteiger partial charge in [0.1, 0.15) is 0 Å². The number of rotatable bonds is 4. The largest absolute Gasteiger partial charge is 0.481 e. The van der Waals surface area contributed by atoms with Crippen LogP contribution in [0.2, 0.25) is 0 Å². The Kier molecular flexibility index (Phi) is 3.31. The first-order chi connectivity index (χ1) is 7.02. The molecule has 0 aliphatic carbocycles. The van der Waals surface area contributed by atoms with Crippen molar-refractivity contribution in [1.29, 1.82) is 0 Å². The molecule has 4 nitrogen and oxygen atoms in total. The number of aliphatic hydroxyl groups is 1. The van der Waals surface area contributed by atoms with E-state index >= 15 is 0 Å². The van der Waals surface area contributed by atoms with Gasteiger partial charge in [-0.15, -0.1) is 0 Å². The van der Waals surface area contributed by atoms with Crippen molar-refractivity contribution in [3.63, 3.8) is 0 Å². The van der Waals surface area contributed by atoms with E-state index in [1.807, 2.05) is 0 Å². The smallest absolute Gasteiger partial charge is 0.314 e. The quantitative estimate of drug-likeness (QED) is 0.646. The molecule has 0 spiro atoms. The van der Waals surface area contributed by atoms with Crippen LogP contribution in [0.25, 0.3) is 0 Å². The first-order valence-corrected chi connectivity index (χ1v) is 4.71. The van der Waals surface area contributed by atoms with Crippen molar-refractivity contribution in [1.82, 2.24) is 0 Å². The molecule has 0 aromatic heterocycles. The molecule has 4 N–H and O–H groups in total. The minimum absolute atomic E-state index is 0.149. The van der Waals surface area contributed by atoms with E-state index in [-0.39, 0.29) is 13.0 Å². The van der Waals surface area contributed by atoms with Crippen LogP contribution in [-0.2, 0) is 10.2 Å². The van der Waals surface area contributed by atoms with Crippen molar-refractivity contribution in [3.8, 4) is 0 Å². The Morgan fingerprint density at radius 3 is 2.53 bits per heavy atom. The fraction of sp³-hybridized carbons (Fsp3) is 0.364. The Balaban J connectivity index is 3.21. The third-order valence-electron chi connectivity index (χ3n) is 2.64. The topological polar surface area (TPSA) is 83.5 Å². The fourth-order valence-electron chi connectivity index (χ4n) is 1.58. The first kappa shape index (κ1) is 11.5. The molecule has 0 fully saturated rings. The Morgan fingerprint density at radius 2 is 2.07 bits per heavy atom. The summed E-state index contributed by atoms with van der Waals surface area (Å²) < 4.78 is 0. The van der Waals surface area contributed by atoms with E-state index < -0.39 is 11.4 Å². The van der Waals surface area contributed by atoms with Gasteiger partial charge in [0.05, 0.1) is 5.41 Å². The van der Waals surface area contributed by atoms with Gasteiger partial charge >= 0.3 is 5.97 Å². The minimum Gasteiger partial charge on any atom is -0.481 e. The Morgan fingerprint density at radius 1 is 1.47 bits per heavy atom. The van der Waals surface area contributed by atoms with Crippen LogP contribution in [0.3, 0.4) is 0 Å². The van der Waals surface area contributed by atoms with Crippen molar-refractivity contribution in [2.45, 2.75) is 18.8 Å². The molecule has 1 aromatic rings. The second-order valence-corrected chi connectivity index (χ2v) is 3.70. The molecule has 0 amide bonds. The van der Waals surface area contributed by atoms with Gasteiger partial charge in [-0.2, -0.15) is 0 Å². The molecule has 1 unspecified atom stereocenters. The predicted octanol–water partition coefficient (Wildman–Crippen LogP) is 0.994. The SMILES string of the molecule is CC(CCO)(C(=O)O)c1ccccc1N. The molecule has 1 aromatic carbocycles. The van der Waals surface area contributed by atoms with E-state index in [0.717, 1.165) is 0 Å². The van der Waals surface area contributed by atoms with Gasteiger partial charge in [-0.1, -0.05) is 18.2 Å². The van der Waals surface area contributed by atoms with Crippen LogP contribution in [-0.4, -0.2) is 22.8 Å². The fourth-order valence-corrected chi connectivity index (χ4v) is 1.58. The van der Waals surface area contributed by atoms with E-state index in [2.05, 4.69) is 0 Å². The van der Waals surface area contributed by atoms with Crippen LogP contribution in [0.1, 0.15) is 18.9 Å². The first-order valence-electron chi connectivity index (χ1n) is 4.71. The lowest BCUT2D eigenvalue weighted by Crippen LogP contribution is -2.34. The Hall–Kier alpha value is -1.55. The van der Waals surface area contributed by atoms with Crippen LogP contribution >= 0.6 is 0 Å². The maximum Gasteiger partial charge on any atom is 0.314 e. The molecule has 0 saturated carbocycles. The van der Waals surface area contributed by atoms with E-state index in [4.69, 9.17) is 10.8 Å². The van der Waals surface area contributed by atoms with Crippen LogP contribution in [0, 0.1) is 0 Å². The summed E-state index contributed by atoms with van der Waals surface area (Å²) in [6.45, 7) is 1.38. The molecule has 0 saturated heterocycles. The standard InChI is InChI=1S/C11H15NO3/c1-11(6-7-13,10(14)15)8-4-2-3-5-9(8)12/h2-5,13H,6-7,12H2,1H3,(H,14,15). The van der Waals surface area contributed by atoms with E-state index in [1.54, 1.807) is 31.2 Å². The lowest BCUT2D eigenvalue weighted by molar-refractivity contribution is -0.143. The lowest BCUT2D eigenvalue weighted by Gasteiger charge is -2.25. The zero-order chi connectivity index (χ0) is 11.5. The number of nitrogens with two attached hydrogens (primary N) is 1. The van der Waals surface area contributed by atoms with Crippen molar-refractivity contribution >= 4 is 11.7 Å². The minimum atomic E-state index is -1.12. The highest BCUT2D eigenvalue weighted by Crippen LogP contribution is 2.31. The number of carboxylic acids is 1. The number of hydrogen-bond donors (Lipinski definition) is 3. The third kappa shape index (κ3) is 2.10. The van der Waals surface area contributed by atoms with Gasteiger partial charge in [-0.3, -0.25) is 4.79 Å². The van der Waals surface area contributed by atoms with E-state index in [0.29, 0.717) is 11.3 Å². The van der Waals surface area contributed by atoms with Crippen molar-refractivity contribution < 1.29 is 15.0 Å². The number of carboxylic acid groups (broad SMARTS) is 1. The molecular formula is C11H15NO3. The maximum absolute atomic E-state index is 11.2. The van der Waals surface area contributed by atoms with Gasteiger partial charge in [-0.05, 0) is 25.0 Å². The summed E-state index contributed by atoms with van der Waals surface area (Å²) in [7, 11) is 0. The van der Waals surface area contributed by atoms with E-state index in [1.165, 1.54) is 0 Å². The zero-order valence-corrected chi connectivity index (χ0v) is 8.60. The molecule has 0 aliphatic rings. The molecule has 0 aliphatic heterocycles. The van der Waals surface area contributed by atoms with Gasteiger partial charge < -0.3 is 15.9 Å². The molecule has 1 rings (SSSR count). The second-order valence-electron chi connectivity index (χ2n) is 3.70. The number of aliphatic carboxylic acids is 1. The summed E-state index contributed by atoms with van der Waals surface area (Å²) in [5.41, 5.74) is 5.59. The average molecular weight is 209 g/mol. The van der Waals surface area contributed by atoms with Gasteiger partial charge in [-0.25, -0.2) is 0 Å². The molecular weight excluding hydrogens is 194 g/mol. The van der Waals surface area contributed by atoms with Gasteiger partial charge in [0.25, 0.3) is 0 Å². The average Bonchev–Trinajstić information content (AvgIpc) is 2.18. The molecule has 1 atom stereocenters. The molecule has 15 heavy (non-hydrogen) atoms. The number of nitrogen functional groups attached to an aromatic ring is 1. The number of aliphatic hydroxyl groups excluding tert-OH is 1. The number of benzene rings is 1. The normalized spacial score (nSPS) is 14.5. The third-order valence-corrected chi connectivity index (χ3v) is 2.64. The lowest BCUT2D eigenvalue weighted by atomic mass is 9.79. The number of anilines is 1. The highest BCUT2D eigenvalue weighted by Gasteiger charge is 2.35. The summed E-state index contributed by atoms with van der Waals surface area (Å²) in [5, 5.41) is 18.1. The van der Waals surface area contributed by atoms with Crippen LogP contribution in [0.5, 0.6) is 0 Å². The molecule has 0 heterocycles. The van der Waals surface area contributed by atoms with E-state index in [9.17, 15) is 9.90 Å². The Bertz CT molecular complexity index is 365.